The van der Waals surface area contributed by atoms with Crippen LogP contribution in [0.4, 0.5) is 0 Å². The lowest BCUT2D eigenvalue weighted by Gasteiger charge is -2.12. The van der Waals surface area contributed by atoms with Gasteiger partial charge in [0.1, 0.15) is 5.52 Å². The molecule has 3 rings (SSSR count). The number of fused-ring (bicyclic) bond motifs is 1. The van der Waals surface area contributed by atoms with Crippen molar-refractivity contribution in [3.63, 3.8) is 0 Å². The van der Waals surface area contributed by atoms with Gasteiger partial charge in [0.15, 0.2) is 11.7 Å². The lowest BCUT2D eigenvalue weighted by molar-refractivity contribution is -0.150. The number of ether oxygens (including phenoxy) is 1. The van der Waals surface area contributed by atoms with Crippen LogP contribution in [0.15, 0.2) is 59.0 Å². The summed E-state index contributed by atoms with van der Waals surface area (Å²) in [6.07, 6.45) is 1.62. The van der Waals surface area contributed by atoms with Crippen molar-refractivity contribution in [1.82, 2.24) is 10.3 Å². The van der Waals surface area contributed by atoms with Crippen molar-refractivity contribution in [3.05, 3.63) is 71.1 Å². The molecule has 27 heavy (non-hydrogen) atoms. The molecule has 6 nitrogen and oxygen atoms in total. The summed E-state index contributed by atoms with van der Waals surface area (Å²) < 4.78 is 10.6. The number of oxazole rings is 1. The Balaban J connectivity index is 1.52. The molecular weight excluding hydrogens is 368 g/mol. The number of benzene rings is 2. The van der Waals surface area contributed by atoms with E-state index >= 15 is 0 Å². The highest BCUT2D eigenvalue weighted by atomic mass is 35.5. The molecule has 7 heteroatoms. The normalized spacial score (nSPS) is 12.2. The SMILES string of the molecule is C[C@H](OC(=O)/C=C/c1nc2ccccc2o1)C(=O)NCc1ccccc1Cl. The minimum atomic E-state index is -0.951. The summed E-state index contributed by atoms with van der Waals surface area (Å²) in [7, 11) is 0. The first-order chi connectivity index (χ1) is 13.0. The maximum atomic E-state index is 12.1. The highest BCUT2D eigenvalue weighted by Crippen LogP contribution is 2.16. The molecule has 1 aromatic heterocycles. The molecule has 0 unspecified atom stereocenters. The fourth-order valence-corrected chi connectivity index (χ4v) is 2.54. The minimum absolute atomic E-state index is 0.249. The van der Waals surface area contributed by atoms with Gasteiger partial charge in [-0.05, 0) is 30.7 Å². The number of nitrogens with zero attached hydrogens (tertiary/aromatic N) is 1. The smallest absolute Gasteiger partial charge is 0.331 e. The number of hydrogen-bond donors (Lipinski definition) is 1. The van der Waals surface area contributed by atoms with Crippen molar-refractivity contribution < 1.29 is 18.7 Å². The second kappa shape index (κ2) is 8.51. The van der Waals surface area contributed by atoms with Crippen LogP contribution in [0.3, 0.4) is 0 Å². The van der Waals surface area contributed by atoms with Crippen molar-refractivity contribution in [1.29, 1.82) is 0 Å². The van der Waals surface area contributed by atoms with Gasteiger partial charge < -0.3 is 14.5 Å². The van der Waals surface area contributed by atoms with Crippen molar-refractivity contribution in [2.24, 2.45) is 0 Å². The molecule has 2 aromatic carbocycles. The van der Waals surface area contributed by atoms with Crippen LogP contribution in [0.5, 0.6) is 0 Å². The number of halogens is 1. The van der Waals surface area contributed by atoms with E-state index in [2.05, 4.69) is 10.3 Å². The lowest BCUT2D eigenvalue weighted by Crippen LogP contribution is -2.35. The van der Waals surface area contributed by atoms with Crippen LogP contribution >= 0.6 is 11.6 Å². The van der Waals surface area contributed by atoms with E-state index in [0.717, 1.165) is 5.56 Å². The summed E-state index contributed by atoms with van der Waals surface area (Å²) in [6, 6.07) is 14.4. The Morgan fingerprint density at radius 2 is 1.96 bits per heavy atom. The van der Waals surface area contributed by atoms with Gasteiger partial charge in [0.05, 0.1) is 0 Å². The zero-order chi connectivity index (χ0) is 19.2. The van der Waals surface area contributed by atoms with Gasteiger partial charge in [-0.2, -0.15) is 0 Å². The Bertz CT molecular complexity index is 963. The number of amides is 1. The monoisotopic (exact) mass is 384 g/mol. The Morgan fingerprint density at radius 1 is 1.22 bits per heavy atom. The Kier molecular flexibility index (Phi) is 5.88. The molecule has 0 saturated carbocycles. The van der Waals surface area contributed by atoms with Gasteiger partial charge in [-0.3, -0.25) is 4.79 Å². The van der Waals surface area contributed by atoms with Crippen molar-refractivity contribution in [2.45, 2.75) is 19.6 Å². The average Bonchev–Trinajstić information content (AvgIpc) is 3.08. The van der Waals surface area contributed by atoms with Crippen LogP contribution in [-0.4, -0.2) is 23.0 Å². The van der Waals surface area contributed by atoms with Crippen molar-refractivity contribution in [2.75, 3.05) is 0 Å². The molecular formula is C20H17ClN2O4. The maximum absolute atomic E-state index is 12.1. The molecule has 0 radical (unpaired) electrons. The van der Waals surface area contributed by atoms with E-state index in [1.165, 1.54) is 19.1 Å². The first-order valence-corrected chi connectivity index (χ1v) is 8.66. The highest BCUT2D eigenvalue weighted by molar-refractivity contribution is 6.31. The molecule has 0 aliphatic rings. The molecule has 0 aliphatic carbocycles. The summed E-state index contributed by atoms with van der Waals surface area (Å²) >= 11 is 6.04. The molecule has 138 valence electrons. The molecule has 0 spiro atoms. The van der Waals surface area contributed by atoms with Gasteiger partial charge in [0.25, 0.3) is 5.91 Å². The first-order valence-electron chi connectivity index (χ1n) is 8.28. The number of carbonyl (C=O) groups excluding carboxylic acids is 2. The number of para-hydroxylation sites is 2. The Morgan fingerprint density at radius 3 is 2.74 bits per heavy atom. The molecule has 3 aromatic rings. The summed E-state index contributed by atoms with van der Waals surface area (Å²) in [5.41, 5.74) is 2.09. The van der Waals surface area contributed by atoms with E-state index in [1.54, 1.807) is 24.3 Å². The third-order valence-electron chi connectivity index (χ3n) is 3.75. The fraction of sp³-hybridized carbons (Fsp3) is 0.150. The second-order valence-electron chi connectivity index (χ2n) is 5.74. The van der Waals surface area contributed by atoms with Gasteiger partial charge in [-0.15, -0.1) is 0 Å². The van der Waals surface area contributed by atoms with Gasteiger partial charge in [-0.25, -0.2) is 9.78 Å². The number of rotatable bonds is 6. The number of carbonyl (C=O) groups is 2. The van der Waals surface area contributed by atoms with Crippen molar-refractivity contribution in [3.8, 4) is 0 Å². The first kappa shape index (κ1) is 18.7. The maximum Gasteiger partial charge on any atom is 0.331 e. The highest BCUT2D eigenvalue weighted by Gasteiger charge is 2.16. The fourth-order valence-electron chi connectivity index (χ4n) is 2.34. The van der Waals surface area contributed by atoms with Gasteiger partial charge >= 0.3 is 5.97 Å². The summed E-state index contributed by atoms with van der Waals surface area (Å²) in [4.78, 5) is 28.2. The third-order valence-corrected chi connectivity index (χ3v) is 4.11. The topological polar surface area (TPSA) is 81.4 Å². The molecule has 0 fully saturated rings. The Labute approximate surface area is 160 Å². The average molecular weight is 385 g/mol. The van der Waals surface area contributed by atoms with E-state index in [1.807, 2.05) is 24.3 Å². The largest absolute Gasteiger partial charge is 0.449 e. The van der Waals surface area contributed by atoms with E-state index in [4.69, 9.17) is 20.8 Å². The van der Waals surface area contributed by atoms with Crippen LogP contribution in [0.1, 0.15) is 18.4 Å². The molecule has 0 bridgehead atoms. The van der Waals surface area contributed by atoms with Crippen LogP contribution < -0.4 is 5.32 Å². The summed E-state index contributed by atoms with van der Waals surface area (Å²) in [5, 5.41) is 3.24. The molecule has 1 atom stereocenters. The standard InChI is InChI=1S/C20H17ClN2O4/c1-13(20(25)22-12-14-6-2-3-7-15(14)21)26-19(24)11-10-18-23-16-8-4-5-9-17(16)27-18/h2-11,13H,12H2,1H3,(H,22,25)/b11-10+/t13-/m0/s1. The predicted molar refractivity (Wildman–Crippen MR) is 102 cm³/mol. The minimum Gasteiger partial charge on any atom is -0.449 e. The van der Waals surface area contributed by atoms with Gasteiger partial charge in [0.2, 0.25) is 5.89 Å². The lowest BCUT2D eigenvalue weighted by atomic mass is 10.2. The second-order valence-corrected chi connectivity index (χ2v) is 6.15. The van der Waals surface area contributed by atoms with Gasteiger partial charge in [-0.1, -0.05) is 41.9 Å². The molecule has 1 amide bonds. The number of aromatic nitrogens is 1. The summed E-state index contributed by atoms with van der Waals surface area (Å²) in [6.45, 7) is 1.74. The van der Waals surface area contributed by atoms with E-state index in [9.17, 15) is 9.59 Å². The quantitative estimate of drug-likeness (QED) is 0.517. The molecule has 0 saturated heterocycles. The van der Waals surface area contributed by atoms with E-state index in [0.29, 0.717) is 16.1 Å². The number of esters is 1. The zero-order valence-electron chi connectivity index (χ0n) is 14.5. The summed E-state index contributed by atoms with van der Waals surface area (Å²) in [5.74, 6) is -0.805. The van der Waals surface area contributed by atoms with E-state index < -0.39 is 18.0 Å². The van der Waals surface area contributed by atoms with Crippen LogP contribution in [0.25, 0.3) is 17.2 Å². The predicted octanol–water partition coefficient (Wildman–Crippen LogP) is 3.74. The van der Waals surface area contributed by atoms with Gasteiger partial charge in [0, 0.05) is 23.7 Å². The molecule has 0 aliphatic heterocycles. The molecule has 1 heterocycles. The molecule has 1 N–H and O–H groups in total. The zero-order valence-corrected chi connectivity index (χ0v) is 15.3. The number of hydrogen-bond acceptors (Lipinski definition) is 5. The number of nitrogens with one attached hydrogen (secondary N) is 1. The Hall–Kier alpha value is -3.12. The van der Waals surface area contributed by atoms with Crippen LogP contribution in [-0.2, 0) is 20.9 Å². The van der Waals surface area contributed by atoms with E-state index in [-0.39, 0.29) is 12.4 Å². The third kappa shape index (κ3) is 4.95. The van der Waals surface area contributed by atoms with Crippen LogP contribution in [0, 0.1) is 0 Å². The van der Waals surface area contributed by atoms with Crippen LogP contribution in [0.2, 0.25) is 5.02 Å². The van der Waals surface area contributed by atoms with Crippen molar-refractivity contribution >= 4 is 40.7 Å².